The predicted octanol–water partition coefficient (Wildman–Crippen LogP) is 3.64. The molecule has 1 aliphatic rings. The summed E-state index contributed by atoms with van der Waals surface area (Å²) in [5.74, 6) is 0.930. The Morgan fingerprint density at radius 1 is 1.38 bits per heavy atom. The summed E-state index contributed by atoms with van der Waals surface area (Å²) < 4.78 is 29.0. The molecule has 1 aliphatic heterocycles. The first-order chi connectivity index (χ1) is 14.1. The highest BCUT2D eigenvalue weighted by Gasteiger charge is 2.21. The molecule has 0 bridgehead atoms. The fourth-order valence-electron chi connectivity index (χ4n) is 3.31. The van der Waals surface area contributed by atoms with Gasteiger partial charge in [-0.1, -0.05) is 6.92 Å². The van der Waals surface area contributed by atoms with Crippen molar-refractivity contribution in [2.24, 2.45) is 4.99 Å². The summed E-state index contributed by atoms with van der Waals surface area (Å²) in [5.41, 5.74) is 0.996. The van der Waals surface area contributed by atoms with Gasteiger partial charge >= 0.3 is 6.61 Å². The molecule has 1 saturated heterocycles. The number of hydrogen-bond donors (Lipinski definition) is 2. The van der Waals surface area contributed by atoms with E-state index >= 15 is 0 Å². The van der Waals surface area contributed by atoms with Crippen molar-refractivity contribution >= 4 is 23.0 Å². The molecule has 2 N–H and O–H groups in total. The van der Waals surface area contributed by atoms with Crippen molar-refractivity contribution < 1.29 is 13.5 Å². The molecule has 1 unspecified atom stereocenters. The molecule has 1 fully saturated rings. The van der Waals surface area contributed by atoms with Gasteiger partial charge in [0, 0.05) is 42.9 Å². The van der Waals surface area contributed by atoms with Crippen LogP contribution in [-0.2, 0) is 13.0 Å². The third-order valence-corrected chi connectivity index (χ3v) is 5.91. The number of aromatic nitrogens is 1. The molecule has 0 aliphatic carbocycles. The number of halogens is 2. The Morgan fingerprint density at radius 2 is 2.17 bits per heavy atom. The number of ether oxygens (including phenoxy) is 1. The van der Waals surface area contributed by atoms with Crippen LogP contribution >= 0.6 is 11.3 Å². The summed E-state index contributed by atoms with van der Waals surface area (Å²) in [5, 5.41) is 7.86. The number of thiazole rings is 1. The van der Waals surface area contributed by atoms with Crippen molar-refractivity contribution in [1.29, 1.82) is 0 Å². The minimum Gasteiger partial charge on any atom is -0.435 e. The van der Waals surface area contributed by atoms with Gasteiger partial charge in [0.05, 0.1) is 6.54 Å². The SMILES string of the molecule is CCc1cnc(CNC(=NC)NC2CCCN(c3ccc(OC(F)F)cc3)C2)s1. The summed E-state index contributed by atoms with van der Waals surface area (Å²) in [4.78, 5) is 12.3. The molecule has 29 heavy (non-hydrogen) atoms. The normalized spacial score (nSPS) is 17.5. The molecule has 1 aromatic heterocycles. The monoisotopic (exact) mass is 423 g/mol. The minimum absolute atomic E-state index is 0.174. The summed E-state index contributed by atoms with van der Waals surface area (Å²) in [7, 11) is 1.76. The first-order valence-electron chi connectivity index (χ1n) is 9.78. The molecule has 6 nitrogen and oxygen atoms in total. The number of anilines is 1. The van der Waals surface area contributed by atoms with Gasteiger partial charge in [0.1, 0.15) is 10.8 Å². The van der Waals surface area contributed by atoms with Gasteiger partial charge in [0.25, 0.3) is 0 Å². The van der Waals surface area contributed by atoms with Crippen molar-refractivity contribution in [2.75, 3.05) is 25.0 Å². The van der Waals surface area contributed by atoms with E-state index in [4.69, 9.17) is 0 Å². The number of nitrogens with zero attached hydrogens (tertiary/aromatic N) is 3. The highest BCUT2D eigenvalue weighted by Crippen LogP contribution is 2.24. The van der Waals surface area contributed by atoms with Crippen LogP contribution in [0.15, 0.2) is 35.5 Å². The van der Waals surface area contributed by atoms with Crippen LogP contribution in [-0.4, -0.2) is 43.7 Å². The van der Waals surface area contributed by atoms with Gasteiger partial charge in [0.15, 0.2) is 5.96 Å². The zero-order valence-corrected chi connectivity index (χ0v) is 17.5. The average molecular weight is 424 g/mol. The van der Waals surface area contributed by atoms with E-state index in [1.54, 1.807) is 30.5 Å². The average Bonchev–Trinajstić information content (AvgIpc) is 3.19. The summed E-state index contributed by atoms with van der Waals surface area (Å²) in [6, 6.07) is 7.05. The number of rotatable bonds is 7. The number of nitrogens with one attached hydrogen (secondary N) is 2. The lowest BCUT2D eigenvalue weighted by Gasteiger charge is -2.35. The maximum atomic E-state index is 12.3. The van der Waals surface area contributed by atoms with E-state index in [-0.39, 0.29) is 11.8 Å². The second-order valence-electron chi connectivity index (χ2n) is 6.80. The molecule has 3 rings (SSSR count). The van der Waals surface area contributed by atoms with E-state index in [0.29, 0.717) is 6.54 Å². The Kier molecular flexibility index (Phi) is 7.62. The Hall–Kier alpha value is -2.42. The Balaban J connectivity index is 1.52. The summed E-state index contributed by atoms with van der Waals surface area (Å²) in [6.07, 6.45) is 5.00. The number of aliphatic imine (C=N–C) groups is 1. The van der Waals surface area contributed by atoms with Crippen LogP contribution in [0.25, 0.3) is 0 Å². The number of piperidine rings is 1. The second-order valence-corrected chi connectivity index (χ2v) is 8.00. The maximum absolute atomic E-state index is 12.3. The number of alkyl halides is 2. The molecule has 0 radical (unpaired) electrons. The van der Waals surface area contributed by atoms with Crippen LogP contribution in [0.4, 0.5) is 14.5 Å². The second kappa shape index (κ2) is 10.4. The zero-order valence-electron chi connectivity index (χ0n) is 16.7. The van der Waals surface area contributed by atoms with Crippen LogP contribution < -0.4 is 20.3 Å². The van der Waals surface area contributed by atoms with Gasteiger partial charge in [-0.2, -0.15) is 8.78 Å². The van der Waals surface area contributed by atoms with Gasteiger partial charge in [-0.3, -0.25) is 4.99 Å². The molecule has 9 heteroatoms. The largest absolute Gasteiger partial charge is 0.435 e. The lowest BCUT2D eigenvalue weighted by molar-refractivity contribution is -0.0498. The maximum Gasteiger partial charge on any atom is 0.387 e. The molecule has 0 amide bonds. The van der Waals surface area contributed by atoms with Gasteiger partial charge in [0.2, 0.25) is 0 Å². The third-order valence-electron chi connectivity index (χ3n) is 4.77. The minimum atomic E-state index is -2.80. The molecular formula is C20H27F2N5OS. The Bertz CT molecular complexity index is 796. The van der Waals surface area contributed by atoms with E-state index in [1.807, 2.05) is 18.3 Å². The van der Waals surface area contributed by atoms with Gasteiger partial charge in [-0.05, 0) is 43.5 Å². The molecule has 0 saturated carbocycles. The Morgan fingerprint density at radius 3 is 2.83 bits per heavy atom. The first kappa shape index (κ1) is 21.3. The molecular weight excluding hydrogens is 396 g/mol. The standard InChI is InChI=1S/C20H27F2N5OS/c1-3-17-11-24-18(29-17)12-25-20(23-2)26-14-5-4-10-27(13-14)15-6-8-16(9-7-15)28-19(21)22/h6-9,11,14,19H,3-5,10,12-13H2,1-2H3,(H2,23,25,26). The van der Waals surface area contributed by atoms with Crippen molar-refractivity contribution in [1.82, 2.24) is 15.6 Å². The smallest absolute Gasteiger partial charge is 0.387 e. The van der Waals surface area contributed by atoms with Crippen LogP contribution in [0, 0.1) is 0 Å². The van der Waals surface area contributed by atoms with E-state index in [2.05, 4.69) is 37.2 Å². The van der Waals surface area contributed by atoms with Crippen LogP contribution in [0.1, 0.15) is 29.7 Å². The van der Waals surface area contributed by atoms with Crippen molar-refractivity contribution in [3.05, 3.63) is 40.3 Å². The zero-order chi connectivity index (χ0) is 20.6. The number of aryl methyl sites for hydroxylation is 1. The summed E-state index contributed by atoms with van der Waals surface area (Å²) >= 11 is 1.71. The number of guanidine groups is 1. The fraction of sp³-hybridized carbons (Fsp3) is 0.500. The molecule has 0 spiro atoms. The lowest BCUT2D eigenvalue weighted by atomic mass is 10.0. The fourth-order valence-corrected chi connectivity index (χ4v) is 4.11. The van der Waals surface area contributed by atoms with E-state index < -0.39 is 6.61 Å². The molecule has 2 aromatic rings. The van der Waals surface area contributed by atoms with Gasteiger partial charge < -0.3 is 20.3 Å². The molecule has 158 valence electrons. The highest BCUT2D eigenvalue weighted by atomic mass is 32.1. The van der Waals surface area contributed by atoms with Crippen molar-refractivity contribution in [3.63, 3.8) is 0 Å². The van der Waals surface area contributed by atoms with Crippen molar-refractivity contribution in [3.8, 4) is 5.75 Å². The third kappa shape index (κ3) is 6.28. The lowest BCUT2D eigenvalue weighted by Crippen LogP contribution is -2.51. The molecule has 2 heterocycles. The molecule has 1 atom stereocenters. The highest BCUT2D eigenvalue weighted by molar-refractivity contribution is 7.11. The molecule has 1 aromatic carbocycles. The van der Waals surface area contributed by atoms with Crippen LogP contribution in [0.5, 0.6) is 5.75 Å². The Labute approximate surface area is 174 Å². The van der Waals surface area contributed by atoms with E-state index in [9.17, 15) is 8.78 Å². The van der Waals surface area contributed by atoms with Gasteiger partial charge in [-0.25, -0.2) is 4.98 Å². The summed E-state index contributed by atoms with van der Waals surface area (Å²) in [6.45, 7) is 1.71. The topological polar surface area (TPSA) is 61.8 Å². The van der Waals surface area contributed by atoms with E-state index in [0.717, 1.165) is 49.0 Å². The number of benzene rings is 1. The van der Waals surface area contributed by atoms with Gasteiger partial charge in [-0.15, -0.1) is 11.3 Å². The number of hydrogen-bond acceptors (Lipinski definition) is 5. The predicted molar refractivity (Wildman–Crippen MR) is 113 cm³/mol. The first-order valence-corrected chi connectivity index (χ1v) is 10.6. The van der Waals surface area contributed by atoms with Crippen LogP contribution in [0.3, 0.4) is 0 Å². The van der Waals surface area contributed by atoms with E-state index in [1.165, 1.54) is 4.88 Å². The van der Waals surface area contributed by atoms with Crippen molar-refractivity contribution in [2.45, 2.75) is 45.4 Å². The quantitative estimate of drug-likeness (QED) is 0.526. The van der Waals surface area contributed by atoms with Crippen LogP contribution in [0.2, 0.25) is 0 Å².